The predicted molar refractivity (Wildman–Crippen MR) is 118 cm³/mol. The number of carbonyl (C=O) groups excluding carboxylic acids is 2. The van der Waals surface area contributed by atoms with Crippen LogP contribution in [-0.4, -0.2) is 38.2 Å². The third-order valence-electron chi connectivity index (χ3n) is 4.15. The van der Waals surface area contributed by atoms with E-state index in [1.165, 1.54) is 11.0 Å². The minimum absolute atomic E-state index is 0.157. The zero-order valence-corrected chi connectivity index (χ0v) is 17.7. The lowest BCUT2D eigenvalue weighted by Gasteiger charge is -2.21. The van der Waals surface area contributed by atoms with Crippen molar-refractivity contribution in [3.8, 4) is 17.6 Å². The molecule has 7 nitrogen and oxygen atoms in total. The van der Waals surface area contributed by atoms with Crippen molar-refractivity contribution in [2.24, 2.45) is 0 Å². The second-order valence-corrected chi connectivity index (χ2v) is 6.32. The summed E-state index contributed by atoms with van der Waals surface area (Å²) in [6.45, 7) is 4.68. The second kappa shape index (κ2) is 12.7. The Kier molecular flexibility index (Phi) is 9.63. The Hall–Kier alpha value is -3.79. The van der Waals surface area contributed by atoms with Crippen molar-refractivity contribution in [1.29, 1.82) is 5.26 Å². The Balaban J connectivity index is 1.94. The normalized spacial score (nSPS) is 10.4. The molecular formula is C24H26N2O5. The molecule has 0 spiro atoms. The van der Waals surface area contributed by atoms with Gasteiger partial charge in [0.05, 0.1) is 25.7 Å². The van der Waals surface area contributed by atoms with Crippen LogP contribution in [0.5, 0.6) is 11.5 Å². The number of ether oxygens (including phenoxy) is 3. The van der Waals surface area contributed by atoms with E-state index in [-0.39, 0.29) is 13.0 Å². The zero-order valence-electron chi connectivity index (χ0n) is 17.7. The lowest BCUT2D eigenvalue weighted by molar-refractivity contribution is -0.142. The van der Waals surface area contributed by atoms with Gasteiger partial charge in [0.1, 0.15) is 11.5 Å². The first-order chi connectivity index (χ1) is 15.1. The van der Waals surface area contributed by atoms with Crippen LogP contribution in [0.1, 0.15) is 25.8 Å². The molecule has 2 aromatic rings. The number of anilines is 1. The van der Waals surface area contributed by atoms with E-state index in [4.69, 9.17) is 19.5 Å². The van der Waals surface area contributed by atoms with Gasteiger partial charge in [-0.05, 0) is 61.9 Å². The largest absolute Gasteiger partial charge is 0.494 e. The highest BCUT2D eigenvalue weighted by Gasteiger charge is 2.17. The van der Waals surface area contributed by atoms with Gasteiger partial charge in [0.15, 0.2) is 6.61 Å². The molecular weight excluding hydrogens is 396 g/mol. The van der Waals surface area contributed by atoms with E-state index < -0.39 is 18.5 Å². The zero-order chi connectivity index (χ0) is 22.5. The fraction of sp³-hybridized carbons (Fsp3) is 0.292. The van der Waals surface area contributed by atoms with Gasteiger partial charge < -0.3 is 19.1 Å². The SMILES string of the molecule is CCOc1ccc(/C=C/C(=O)OCC(=O)N(CCC#N)c2ccc(OCC)cc2)cc1. The number of nitrogens with zero attached hydrogens (tertiary/aromatic N) is 2. The van der Waals surface area contributed by atoms with E-state index in [0.717, 1.165) is 11.3 Å². The molecule has 0 fully saturated rings. The van der Waals surface area contributed by atoms with Crippen LogP contribution in [0, 0.1) is 11.3 Å². The Labute approximate surface area is 182 Å². The van der Waals surface area contributed by atoms with Gasteiger partial charge in [-0.15, -0.1) is 0 Å². The van der Waals surface area contributed by atoms with Gasteiger partial charge in [-0.1, -0.05) is 12.1 Å². The average Bonchev–Trinajstić information content (AvgIpc) is 2.79. The predicted octanol–water partition coefficient (Wildman–Crippen LogP) is 3.99. The molecule has 7 heteroatoms. The fourth-order valence-electron chi connectivity index (χ4n) is 2.71. The highest BCUT2D eigenvalue weighted by Crippen LogP contribution is 2.20. The summed E-state index contributed by atoms with van der Waals surface area (Å²) >= 11 is 0. The maximum atomic E-state index is 12.6. The summed E-state index contributed by atoms with van der Waals surface area (Å²) in [6, 6.07) is 16.2. The van der Waals surface area contributed by atoms with Crippen molar-refractivity contribution in [1.82, 2.24) is 0 Å². The first-order valence-electron chi connectivity index (χ1n) is 10.0. The number of carbonyl (C=O) groups is 2. The molecule has 1 amide bonds. The summed E-state index contributed by atoms with van der Waals surface area (Å²) < 4.78 is 15.9. The van der Waals surface area contributed by atoms with Crippen LogP contribution in [0.4, 0.5) is 5.69 Å². The molecule has 0 heterocycles. The van der Waals surface area contributed by atoms with Crippen LogP contribution in [0.25, 0.3) is 6.08 Å². The van der Waals surface area contributed by atoms with Gasteiger partial charge in [0, 0.05) is 18.3 Å². The summed E-state index contributed by atoms with van der Waals surface area (Å²) in [5.41, 5.74) is 1.40. The van der Waals surface area contributed by atoms with Crippen molar-refractivity contribution >= 4 is 23.6 Å². The summed E-state index contributed by atoms with van der Waals surface area (Å²) in [6.07, 6.45) is 3.02. The monoisotopic (exact) mass is 422 g/mol. The van der Waals surface area contributed by atoms with Crippen molar-refractivity contribution in [3.63, 3.8) is 0 Å². The van der Waals surface area contributed by atoms with Crippen LogP contribution < -0.4 is 14.4 Å². The molecule has 2 aromatic carbocycles. The van der Waals surface area contributed by atoms with E-state index in [0.29, 0.717) is 24.7 Å². The highest BCUT2D eigenvalue weighted by molar-refractivity contribution is 5.96. The van der Waals surface area contributed by atoms with Crippen LogP contribution in [-0.2, 0) is 14.3 Å². The van der Waals surface area contributed by atoms with Gasteiger partial charge in [0.2, 0.25) is 0 Å². The van der Waals surface area contributed by atoms with Crippen molar-refractivity contribution in [2.45, 2.75) is 20.3 Å². The van der Waals surface area contributed by atoms with Crippen molar-refractivity contribution in [2.75, 3.05) is 31.3 Å². The van der Waals surface area contributed by atoms with Crippen LogP contribution in [0.2, 0.25) is 0 Å². The standard InChI is InChI=1S/C24H26N2O5/c1-3-29-21-11-6-19(7-12-21)8-15-24(28)31-18-23(27)26(17-5-16-25)20-9-13-22(14-10-20)30-4-2/h6-15H,3-5,17-18H2,1-2H3/b15-8+. The summed E-state index contributed by atoms with van der Waals surface area (Å²) in [7, 11) is 0. The molecule has 162 valence electrons. The van der Waals surface area contributed by atoms with Gasteiger partial charge in [-0.3, -0.25) is 4.79 Å². The Morgan fingerprint density at radius 2 is 1.55 bits per heavy atom. The summed E-state index contributed by atoms with van der Waals surface area (Å²) in [5.74, 6) is 0.390. The quantitative estimate of drug-likeness (QED) is 0.402. The number of hydrogen-bond donors (Lipinski definition) is 0. The molecule has 0 unspecified atom stereocenters. The maximum absolute atomic E-state index is 12.6. The lowest BCUT2D eigenvalue weighted by Crippen LogP contribution is -2.35. The van der Waals surface area contributed by atoms with E-state index in [1.807, 2.05) is 44.2 Å². The van der Waals surface area contributed by atoms with Crippen LogP contribution in [0.15, 0.2) is 54.6 Å². The van der Waals surface area contributed by atoms with E-state index >= 15 is 0 Å². The molecule has 0 N–H and O–H groups in total. The van der Waals surface area contributed by atoms with E-state index in [2.05, 4.69) is 0 Å². The van der Waals surface area contributed by atoms with Crippen LogP contribution in [0.3, 0.4) is 0 Å². The minimum Gasteiger partial charge on any atom is -0.494 e. The number of benzene rings is 2. The first kappa shape index (κ1) is 23.5. The van der Waals surface area contributed by atoms with Gasteiger partial charge in [-0.2, -0.15) is 5.26 Å². The maximum Gasteiger partial charge on any atom is 0.331 e. The molecule has 2 rings (SSSR count). The van der Waals surface area contributed by atoms with E-state index in [9.17, 15) is 9.59 Å². The molecule has 0 saturated carbocycles. The summed E-state index contributed by atoms with van der Waals surface area (Å²) in [5, 5.41) is 8.89. The summed E-state index contributed by atoms with van der Waals surface area (Å²) in [4.78, 5) is 26.0. The molecule has 0 bridgehead atoms. The molecule has 0 aromatic heterocycles. The Morgan fingerprint density at radius 1 is 0.968 bits per heavy atom. The molecule has 0 radical (unpaired) electrons. The number of esters is 1. The smallest absolute Gasteiger partial charge is 0.331 e. The van der Waals surface area contributed by atoms with Crippen LogP contribution >= 0.6 is 0 Å². The molecule has 0 saturated heterocycles. The van der Waals surface area contributed by atoms with Gasteiger partial charge in [0.25, 0.3) is 5.91 Å². The third-order valence-corrected chi connectivity index (χ3v) is 4.15. The average molecular weight is 422 g/mol. The fourth-order valence-corrected chi connectivity index (χ4v) is 2.71. The second-order valence-electron chi connectivity index (χ2n) is 6.32. The highest BCUT2D eigenvalue weighted by atomic mass is 16.5. The molecule has 0 aliphatic carbocycles. The number of hydrogen-bond acceptors (Lipinski definition) is 6. The first-order valence-corrected chi connectivity index (χ1v) is 10.0. The Morgan fingerprint density at radius 3 is 2.10 bits per heavy atom. The van der Waals surface area contributed by atoms with Gasteiger partial charge in [-0.25, -0.2) is 4.79 Å². The topological polar surface area (TPSA) is 88.9 Å². The molecule has 0 aliphatic rings. The molecule has 31 heavy (non-hydrogen) atoms. The minimum atomic E-state index is -0.630. The number of amides is 1. The third kappa shape index (κ3) is 7.86. The molecule has 0 atom stereocenters. The Bertz CT molecular complexity index is 914. The number of rotatable bonds is 11. The van der Waals surface area contributed by atoms with E-state index in [1.54, 1.807) is 30.3 Å². The van der Waals surface area contributed by atoms with Crippen molar-refractivity contribution < 1.29 is 23.8 Å². The molecule has 0 aliphatic heterocycles. The van der Waals surface area contributed by atoms with Gasteiger partial charge >= 0.3 is 5.97 Å². The number of nitriles is 1. The lowest BCUT2D eigenvalue weighted by atomic mass is 10.2. The van der Waals surface area contributed by atoms with Crippen molar-refractivity contribution in [3.05, 3.63) is 60.2 Å².